The maximum Gasteiger partial charge on any atom is 0.144 e. The molecule has 2 unspecified atom stereocenters. The molecule has 0 radical (unpaired) electrons. The molecule has 3 nitrogen and oxygen atoms in total. The lowest BCUT2D eigenvalue weighted by Crippen LogP contribution is -2.44. The second-order valence-corrected chi connectivity index (χ2v) is 6.12. The third-order valence-electron chi connectivity index (χ3n) is 4.01. The van der Waals surface area contributed by atoms with Gasteiger partial charge in [0.05, 0.1) is 5.92 Å². The van der Waals surface area contributed by atoms with Crippen LogP contribution in [0.4, 0.5) is 0 Å². The Bertz CT molecular complexity index is 302. The Labute approximate surface area is 97.0 Å². The lowest BCUT2D eigenvalue weighted by molar-refractivity contribution is -0.142. The zero-order chi connectivity index (χ0) is 11.9. The Kier molecular flexibility index (Phi) is 2.91. The number of nitrogens with one attached hydrogen (secondary N) is 1. The molecular weight excluding hydrogens is 202 g/mol. The van der Waals surface area contributed by atoms with E-state index in [1.165, 1.54) is 0 Å². The molecule has 2 atom stereocenters. The van der Waals surface area contributed by atoms with Crippen LogP contribution in [0.3, 0.4) is 0 Å². The van der Waals surface area contributed by atoms with Crippen molar-refractivity contribution in [3.63, 3.8) is 0 Å². The molecular formula is C13H21NO2. The Morgan fingerprint density at radius 1 is 1.19 bits per heavy atom. The summed E-state index contributed by atoms with van der Waals surface area (Å²) in [6.45, 7) is 7.04. The van der Waals surface area contributed by atoms with Crippen LogP contribution in [0.2, 0.25) is 0 Å². The van der Waals surface area contributed by atoms with Crippen LogP contribution < -0.4 is 5.32 Å². The summed E-state index contributed by atoms with van der Waals surface area (Å²) in [6, 6.07) is 0.305. The van der Waals surface area contributed by atoms with Gasteiger partial charge in [0.25, 0.3) is 0 Å². The Morgan fingerprint density at radius 3 is 2.19 bits per heavy atom. The van der Waals surface area contributed by atoms with Crippen molar-refractivity contribution in [1.29, 1.82) is 0 Å². The Morgan fingerprint density at radius 2 is 1.75 bits per heavy atom. The second kappa shape index (κ2) is 3.95. The minimum atomic E-state index is -0.321. The summed E-state index contributed by atoms with van der Waals surface area (Å²) in [6.07, 6.45) is 2.09. The van der Waals surface area contributed by atoms with Gasteiger partial charge in [-0.1, -0.05) is 13.8 Å². The zero-order valence-electron chi connectivity index (χ0n) is 10.4. The van der Waals surface area contributed by atoms with Gasteiger partial charge in [-0.15, -0.1) is 0 Å². The number of carbonyl (C=O) groups is 2. The van der Waals surface area contributed by atoms with Gasteiger partial charge >= 0.3 is 0 Å². The number of hydrogen-bond donors (Lipinski definition) is 1. The van der Waals surface area contributed by atoms with Gasteiger partial charge in [0.2, 0.25) is 0 Å². The molecule has 0 aromatic carbocycles. The van der Waals surface area contributed by atoms with E-state index in [4.69, 9.17) is 0 Å². The highest BCUT2D eigenvalue weighted by Crippen LogP contribution is 2.39. The normalized spacial score (nSPS) is 35.7. The van der Waals surface area contributed by atoms with Crippen LogP contribution in [0.5, 0.6) is 0 Å². The maximum absolute atomic E-state index is 12.1. The van der Waals surface area contributed by atoms with Crippen LogP contribution in [0, 0.1) is 17.3 Å². The summed E-state index contributed by atoms with van der Waals surface area (Å²) in [7, 11) is 0. The molecule has 0 aromatic heterocycles. The van der Waals surface area contributed by atoms with Gasteiger partial charge in [0, 0.05) is 18.9 Å². The fourth-order valence-electron chi connectivity index (χ4n) is 3.22. The van der Waals surface area contributed by atoms with E-state index in [0.29, 0.717) is 18.9 Å². The highest BCUT2D eigenvalue weighted by atomic mass is 16.2. The van der Waals surface area contributed by atoms with E-state index in [0.717, 1.165) is 13.0 Å². The van der Waals surface area contributed by atoms with E-state index < -0.39 is 0 Å². The molecule has 1 saturated heterocycles. The summed E-state index contributed by atoms with van der Waals surface area (Å²) in [5.74, 6) is 0.248. The van der Waals surface area contributed by atoms with Crippen molar-refractivity contribution in [1.82, 2.24) is 5.32 Å². The number of rotatable bonds is 1. The summed E-state index contributed by atoms with van der Waals surface area (Å²) >= 11 is 0. The molecule has 3 heteroatoms. The van der Waals surface area contributed by atoms with Crippen LogP contribution >= 0.6 is 0 Å². The number of hydrogen-bond acceptors (Lipinski definition) is 3. The average molecular weight is 223 g/mol. The fourth-order valence-corrected chi connectivity index (χ4v) is 3.22. The lowest BCUT2D eigenvalue weighted by atomic mass is 9.67. The van der Waals surface area contributed by atoms with E-state index >= 15 is 0 Å². The Hall–Kier alpha value is -0.700. The fraction of sp³-hybridized carbons (Fsp3) is 0.846. The van der Waals surface area contributed by atoms with Gasteiger partial charge in [0.1, 0.15) is 11.6 Å². The van der Waals surface area contributed by atoms with Gasteiger partial charge in [-0.3, -0.25) is 9.59 Å². The van der Waals surface area contributed by atoms with Crippen LogP contribution in [-0.2, 0) is 9.59 Å². The van der Waals surface area contributed by atoms with Gasteiger partial charge in [-0.05, 0) is 31.2 Å². The molecule has 0 amide bonds. The monoisotopic (exact) mass is 223 g/mol. The molecule has 1 saturated carbocycles. The molecule has 2 fully saturated rings. The minimum Gasteiger partial charge on any atom is -0.314 e. The molecule has 2 rings (SSSR count). The first-order valence-corrected chi connectivity index (χ1v) is 6.19. The van der Waals surface area contributed by atoms with E-state index in [9.17, 15) is 9.59 Å². The van der Waals surface area contributed by atoms with E-state index in [1.807, 2.05) is 13.8 Å². The molecule has 1 aliphatic heterocycles. The zero-order valence-corrected chi connectivity index (χ0v) is 10.4. The lowest BCUT2D eigenvalue weighted by Gasteiger charge is -2.35. The molecule has 16 heavy (non-hydrogen) atoms. The van der Waals surface area contributed by atoms with Crippen molar-refractivity contribution in [2.24, 2.45) is 17.3 Å². The summed E-state index contributed by atoms with van der Waals surface area (Å²) in [5.41, 5.74) is -0.125. The van der Waals surface area contributed by atoms with Gasteiger partial charge in [-0.25, -0.2) is 0 Å². The van der Waals surface area contributed by atoms with Crippen LogP contribution in [0.25, 0.3) is 0 Å². The molecule has 0 aromatic rings. The third-order valence-corrected chi connectivity index (χ3v) is 4.01. The van der Waals surface area contributed by atoms with Crippen molar-refractivity contribution in [2.75, 3.05) is 6.54 Å². The molecule has 90 valence electrons. The smallest absolute Gasteiger partial charge is 0.144 e. The molecule has 1 N–H and O–H groups in total. The quantitative estimate of drug-likeness (QED) is 0.686. The van der Waals surface area contributed by atoms with E-state index in [-0.39, 0.29) is 28.8 Å². The van der Waals surface area contributed by atoms with E-state index in [1.54, 1.807) is 0 Å². The third kappa shape index (κ3) is 2.05. The topological polar surface area (TPSA) is 46.2 Å². The largest absolute Gasteiger partial charge is 0.314 e. The molecule has 0 spiro atoms. The van der Waals surface area contributed by atoms with Crippen molar-refractivity contribution in [2.45, 2.75) is 46.1 Å². The first kappa shape index (κ1) is 11.8. The number of carbonyl (C=O) groups excluding carboxylic acids is 2. The summed E-state index contributed by atoms with van der Waals surface area (Å²) in [4.78, 5) is 24.2. The molecule has 2 aliphatic rings. The number of ketones is 2. The first-order chi connectivity index (χ1) is 7.41. The highest BCUT2D eigenvalue weighted by Gasteiger charge is 2.45. The van der Waals surface area contributed by atoms with E-state index in [2.05, 4.69) is 12.2 Å². The second-order valence-electron chi connectivity index (χ2n) is 6.12. The maximum atomic E-state index is 12.1. The molecule has 1 aliphatic carbocycles. The minimum absolute atomic E-state index is 0.125. The summed E-state index contributed by atoms with van der Waals surface area (Å²) < 4.78 is 0. The van der Waals surface area contributed by atoms with Crippen molar-refractivity contribution in [3.05, 3.63) is 0 Å². The van der Waals surface area contributed by atoms with Crippen molar-refractivity contribution < 1.29 is 9.59 Å². The predicted octanol–water partition coefficient (Wildman–Crippen LogP) is 1.56. The van der Waals surface area contributed by atoms with Crippen LogP contribution in [0.1, 0.15) is 40.0 Å². The standard InChI is InChI=1S/C13H21NO2/c1-8-9(4-5-14-8)12-10(15)6-13(2,3)7-11(12)16/h8-9,12,14H,4-7H2,1-3H3. The average Bonchev–Trinajstić information content (AvgIpc) is 2.48. The SMILES string of the molecule is CC1NCCC1C1C(=O)CC(C)(C)CC1=O. The van der Waals surface area contributed by atoms with Gasteiger partial charge in [0.15, 0.2) is 0 Å². The molecule has 0 bridgehead atoms. The van der Waals surface area contributed by atoms with Crippen molar-refractivity contribution >= 4 is 11.6 Å². The van der Waals surface area contributed by atoms with Crippen LogP contribution in [0.15, 0.2) is 0 Å². The first-order valence-electron chi connectivity index (χ1n) is 6.19. The van der Waals surface area contributed by atoms with Gasteiger partial charge in [-0.2, -0.15) is 0 Å². The molecule has 1 heterocycles. The predicted molar refractivity (Wildman–Crippen MR) is 62.1 cm³/mol. The van der Waals surface area contributed by atoms with Crippen molar-refractivity contribution in [3.8, 4) is 0 Å². The van der Waals surface area contributed by atoms with Gasteiger partial charge < -0.3 is 5.32 Å². The Balaban J connectivity index is 2.16. The summed E-state index contributed by atoms with van der Waals surface area (Å²) in [5, 5.41) is 3.32. The highest BCUT2D eigenvalue weighted by molar-refractivity contribution is 6.05. The van der Waals surface area contributed by atoms with Crippen LogP contribution in [-0.4, -0.2) is 24.2 Å². The number of Topliss-reactive ketones (excluding diaryl/α,β-unsaturated/α-hetero) is 2.